The molecule has 1 aliphatic rings. The summed E-state index contributed by atoms with van der Waals surface area (Å²) in [4.78, 5) is 39.0. The zero-order chi connectivity index (χ0) is 29.5. The summed E-state index contributed by atoms with van der Waals surface area (Å²) < 4.78 is 0. The summed E-state index contributed by atoms with van der Waals surface area (Å²) >= 11 is 0. The first-order chi connectivity index (χ1) is 20.4. The second kappa shape index (κ2) is 13.4. The molecule has 4 aromatic rings. The van der Waals surface area contributed by atoms with Crippen LogP contribution in [-0.4, -0.2) is 40.6 Å². The van der Waals surface area contributed by atoms with Gasteiger partial charge in [0.05, 0.1) is 19.5 Å². The molecule has 42 heavy (non-hydrogen) atoms. The van der Waals surface area contributed by atoms with Crippen molar-refractivity contribution in [2.45, 2.75) is 57.1 Å². The van der Waals surface area contributed by atoms with Crippen molar-refractivity contribution in [3.05, 3.63) is 113 Å². The molecule has 2 amide bonds. The van der Waals surface area contributed by atoms with Crippen molar-refractivity contribution in [3.8, 4) is 0 Å². The van der Waals surface area contributed by atoms with Gasteiger partial charge in [-0.2, -0.15) is 0 Å². The molecule has 1 atom stereocenters. The minimum absolute atomic E-state index is 0.0266. The predicted molar refractivity (Wildman–Crippen MR) is 164 cm³/mol. The predicted octanol–water partition coefficient (Wildman–Crippen LogP) is 5.84. The van der Waals surface area contributed by atoms with Crippen molar-refractivity contribution in [2.75, 3.05) is 11.4 Å². The molecule has 3 N–H and O–H groups in total. The molecule has 0 aromatic heterocycles. The Bertz CT molecular complexity index is 1540. The van der Waals surface area contributed by atoms with Gasteiger partial charge >= 0.3 is 5.97 Å². The van der Waals surface area contributed by atoms with E-state index in [-0.39, 0.29) is 18.9 Å². The lowest BCUT2D eigenvalue weighted by Crippen LogP contribution is -2.36. The van der Waals surface area contributed by atoms with E-state index >= 15 is 0 Å². The van der Waals surface area contributed by atoms with Crippen molar-refractivity contribution in [3.63, 3.8) is 0 Å². The van der Waals surface area contributed by atoms with Gasteiger partial charge in [0.25, 0.3) is 5.91 Å². The Kier molecular flexibility index (Phi) is 9.29. The number of nitrogens with one attached hydrogen (secondary N) is 1. The number of hydrogen-bond acceptors (Lipinski definition) is 4. The zero-order valence-electron chi connectivity index (χ0n) is 23.5. The van der Waals surface area contributed by atoms with E-state index in [9.17, 15) is 19.5 Å². The van der Waals surface area contributed by atoms with Crippen molar-refractivity contribution < 1.29 is 24.6 Å². The van der Waals surface area contributed by atoms with Gasteiger partial charge in [-0.25, -0.2) is 4.79 Å². The van der Waals surface area contributed by atoms with E-state index in [2.05, 4.69) is 17.4 Å². The number of carboxylic acid groups (broad SMARTS) is 1. The molecule has 0 radical (unpaired) electrons. The smallest absolute Gasteiger partial charge is 0.334 e. The summed E-state index contributed by atoms with van der Waals surface area (Å²) in [6.45, 7) is -0.0603. The number of aliphatic hydroxyl groups excluding tert-OH is 1. The molecule has 0 spiro atoms. The van der Waals surface area contributed by atoms with Gasteiger partial charge in [-0.15, -0.1) is 0 Å². The molecule has 7 heteroatoms. The van der Waals surface area contributed by atoms with Crippen molar-refractivity contribution in [2.24, 2.45) is 0 Å². The Labute approximate surface area is 245 Å². The summed E-state index contributed by atoms with van der Waals surface area (Å²) in [5.41, 5.74) is 4.30. The van der Waals surface area contributed by atoms with Crippen molar-refractivity contribution >= 4 is 34.2 Å². The number of rotatable bonds is 10. The number of nitrogens with zero attached hydrogens (tertiary/aromatic N) is 1. The lowest BCUT2D eigenvalue weighted by Gasteiger charge is -2.26. The van der Waals surface area contributed by atoms with E-state index < -0.39 is 18.0 Å². The third kappa shape index (κ3) is 7.04. The Balaban J connectivity index is 1.37. The van der Waals surface area contributed by atoms with E-state index in [0.717, 1.165) is 27.6 Å². The molecule has 4 aromatic carbocycles. The average molecular weight is 565 g/mol. The van der Waals surface area contributed by atoms with Crippen LogP contribution in [0.15, 0.2) is 91.0 Å². The summed E-state index contributed by atoms with van der Waals surface area (Å²) in [5, 5.41) is 22.8. The molecule has 0 bridgehead atoms. The molecule has 7 nitrogen and oxygen atoms in total. The first-order valence-corrected chi connectivity index (χ1v) is 14.5. The first kappa shape index (κ1) is 29.0. The second-order valence-electron chi connectivity index (χ2n) is 11.0. The third-order valence-electron chi connectivity index (χ3n) is 8.10. The van der Waals surface area contributed by atoms with Crippen LogP contribution < -0.4 is 10.2 Å². The number of aliphatic hydroxyl groups is 1. The second-order valence-corrected chi connectivity index (χ2v) is 11.0. The van der Waals surface area contributed by atoms with E-state index in [1.807, 2.05) is 54.6 Å². The zero-order valence-corrected chi connectivity index (χ0v) is 23.5. The number of benzene rings is 4. The van der Waals surface area contributed by atoms with Crippen LogP contribution >= 0.6 is 0 Å². The van der Waals surface area contributed by atoms with Crippen LogP contribution in [-0.2, 0) is 22.6 Å². The van der Waals surface area contributed by atoms with Gasteiger partial charge in [0.1, 0.15) is 0 Å². The highest BCUT2D eigenvalue weighted by Gasteiger charge is 2.21. The van der Waals surface area contributed by atoms with E-state index in [1.54, 1.807) is 29.2 Å². The average Bonchev–Trinajstić information content (AvgIpc) is 3.03. The molecular formula is C35H36N2O5. The highest BCUT2D eigenvalue weighted by Crippen LogP contribution is 2.34. The largest absolute Gasteiger partial charge is 0.479 e. The molecular weight excluding hydrogens is 528 g/mol. The number of anilines is 1. The minimum atomic E-state index is -1.67. The maximum atomic E-state index is 13.9. The quantitative estimate of drug-likeness (QED) is 0.224. The fourth-order valence-electron chi connectivity index (χ4n) is 5.71. The van der Waals surface area contributed by atoms with Crippen LogP contribution in [0, 0.1) is 0 Å². The number of fused-ring (bicyclic) bond motifs is 1. The van der Waals surface area contributed by atoms with Gasteiger partial charge in [-0.1, -0.05) is 86.0 Å². The highest BCUT2D eigenvalue weighted by atomic mass is 16.4. The molecule has 0 heterocycles. The Morgan fingerprint density at radius 1 is 0.833 bits per heavy atom. The van der Waals surface area contributed by atoms with Crippen LogP contribution in [0.4, 0.5) is 5.69 Å². The Morgan fingerprint density at radius 3 is 2.24 bits per heavy atom. The first-order valence-electron chi connectivity index (χ1n) is 14.5. The monoisotopic (exact) mass is 564 g/mol. The molecule has 0 saturated heterocycles. The molecule has 0 unspecified atom stereocenters. The number of aliphatic carboxylic acids is 1. The maximum absolute atomic E-state index is 13.9. The lowest BCUT2D eigenvalue weighted by molar-refractivity contribution is -0.146. The molecule has 1 aliphatic carbocycles. The van der Waals surface area contributed by atoms with Crippen LogP contribution in [0.3, 0.4) is 0 Å². The van der Waals surface area contributed by atoms with Crippen LogP contribution in [0.2, 0.25) is 0 Å². The fraction of sp³-hybridized carbons (Fsp3) is 0.286. The fourth-order valence-corrected chi connectivity index (χ4v) is 5.71. The van der Waals surface area contributed by atoms with Gasteiger partial charge in [0, 0.05) is 11.3 Å². The number of carboxylic acids is 1. The topological polar surface area (TPSA) is 107 Å². The molecule has 5 rings (SSSR count). The summed E-state index contributed by atoms with van der Waals surface area (Å²) in [6.07, 6.45) is 4.82. The molecule has 216 valence electrons. The van der Waals surface area contributed by atoms with Crippen LogP contribution in [0.1, 0.15) is 65.1 Å². The van der Waals surface area contributed by atoms with Crippen LogP contribution in [0.25, 0.3) is 10.8 Å². The highest BCUT2D eigenvalue weighted by molar-refractivity contribution is 5.98. The van der Waals surface area contributed by atoms with E-state index in [4.69, 9.17) is 5.11 Å². The number of carbonyl (C=O) groups excluding carboxylic acids is 2. The van der Waals surface area contributed by atoms with Gasteiger partial charge in [0.2, 0.25) is 5.91 Å². The molecule has 1 fully saturated rings. The molecule has 0 aliphatic heterocycles. The standard InChI is InChI=1S/C35H36N2O5/c38-32(35(41)42)22-36-34(40)28-15-13-24(14-16-28)23-37(30-19-17-26(18-20-30)25-7-2-1-3-8-25)33(39)21-29-11-6-10-27-9-4-5-12-31(27)29/h4-6,9-20,25,32,38H,1-3,7-8,21-23H2,(H,36,40)(H,41,42)/t32-/m1/s1. The third-order valence-corrected chi connectivity index (χ3v) is 8.10. The number of hydrogen-bond donors (Lipinski definition) is 3. The van der Waals surface area contributed by atoms with Crippen molar-refractivity contribution in [1.82, 2.24) is 5.32 Å². The number of carbonyl (C=O) groups is 3. The Hall–Kier alpha value is -4.49. The van der Waals surface area contributed by atoms with Gasteiger partial charge in [-0.05, 0) is 70.5 Å². The Morgan fingerprint density at radius 2 is 1.52 bits per heavy atom. The summed E-state index contributed by atoms with van der Waals surface area (Å²) in [7, 11) is 0. The minimum Gasteiger partial charge on any atom is -0.479 e. The summed E-state index contributed by atoms with van der Waals surface area (Å²) in [5.74, 6) is -1.33. The van der Waals surface area contributed by atoms with E-state index in [0.29, 0.717) is 18.0 Å². The SMILES string of the molecule is O=C(NC[C@@H](O)C(=O)O)c1ccc(CN(C(=O)Cc2cccc3ccccc23)c2ccc(C3CCCCC3)cc2)cc1. The molecule has 1 saturated carbocycles. The van der Waals surface area contributed by atoms with E-state index in [1.165, 1.54) is 37.7 Å². The van der Waals surface area contributed by atoms with Gasteiger partial charge < -0.3 is 20.4 Å². The van der Waals surface area contributed by atoms with Crippen LogP contribution in [0.5, 0.6) is 0 Å². The normalized spacial score (nSPS) is 14.3. The maximum Gasteiger partial charge on any atom is 0.334 e. The van der Waals surface area contributed by atoms with Gasteiger partial charge in [-0.3, -0.25) is 9.59 Å². The lowest BCUT2D eigenvalue weighted by atomic mass is 9.84. The number of amides is 2. The van der Waals surface area contributed by atoms with Gasteiger partial charge in [0.15, 0.2) is 6.10 Å². The van der Waals surface area contributed by atoms with Crippen molar-refractivity contribution in [1.29, 1.82) is 0 Å². The summed E-state index contributed by atoms with van der Waals surface area (Å²) in [6, 6.07) is 29.3.